The summed E-state index contributed by atoms with van der Waals surface area (Å²) in [4.78, 5) is 0. The number of hydrogen-bond acceptors (Lipinski definition) is 3. The third-order valence-corrected chi connectivity index (χ3v) is 6.80. The summed E-state index contributed by atoms with van der Waals surface area (Å²) < 4.78 is 18.0. The fraction of sp³-hybridized carbons (Fsp3) is 1.00. The van der Waals surface area contributed by atoms with Gasteiger partial charge >= 0.3 is 86.4 Å². The van der Waals surface area contributed by atoms with Gasteiger partial charge in [-0.05, 0) is 0 Å². The Kier molecular flexibility index (Phi) is 8.31. The van der Waals surface area contributed by atoms with E-state index in [-0.39, 0.29) is 0 Å². The predicted octanol–water partition coefficient (Wildman–Crippen LogP) is 2.82. The topological polar surface area (TPSA) is 27.7 Å². The van der Waals surface area contributed by atoms with Crippen LogP contribution in [0.5, 0.6) is 0 Å². The molecule has 0 aliphatic heterocycles. The molecule has 0 amide bonds. The first-order chi connectivity index (χ1) is 6.24. The van der Waals surface area contributed by atoms with Gasteiger partial charge in [0.25, 0.3) is 0 Å². The van der Waals surface area contributed by atoms with Crippen LogP contribution in [0.2, 0.25) is 4.73 Å². The van der Waals surface area contributed by atoms with E-state index in [0.29, 0.717) is 19.8 Å². The molecule has 0 aromatic rings. The van der Waals surface area contributed by atoms with Crippen LogP contribution < -0.4 is 0 Å². The Morgan fingerprint density at radius 2 is 1.15 bits per heavy atom. The molecule has 0 saturated heterocycles. The van der Waals surface area contributed by atoms with Gasteiger partial charge in [0.15, 0.2) is 0 Å². The van der Waals surface area contributed by atoms with Crippen LogP contribution in [-0.2, 0) is 27.7 Å². The molecule has 0 rings (SSSR count). The third-order valence-electron chi connectivity index (χ3n) is 1.65. The summed E-state index contributed by atoms with van der Waals surface area (Å²) in [6.45, 7) is 10.2. The van der Waals surface area contributed by atoms with Gasteiger partial charge in [-0.25, -0.2) is 0 Å². The van der Waals surface area contributed by atoms with Crippen LogP contribution in [0.3, 0.4) is 0 Å². The van der Waals surface area contributed by atoms with Gasteiger partial charge < -0.3 is 0 Å². The van der Waals surface area contributed by atoms with E-state index in [1.807, 2.05) is 20.8 Å². The zero-order valence-corrected chi connectivity index (χ0v) is 10.8. The standard InChI is InChI=1S/C3H7.3C2H5O.Ti/c1-3-2;3*1-2-3;/h1,3H2,2H3;3*2H2,1H3;/q;3*-1;+3. The third kappa shape index (κ3) is 5.13. The molecule has 0 bridgehead atoms. The molecule has 0 aromatic heterocycles. The van der Waals surface area contributed by atoms with E-state index in [0.717, 1.165) is 11.1 Å². The molecule has 0 aromatic carbocycles. The molecule has 0 radical (unpaired) electrons. The molecule has 0 unspecified atom stereocenters. The molecule has 0 heterocycles. The maximum atomic E-state index is 5.69. The predicted molar refractivity (Wildman–Crippen MR) is 50.0 cm³/mol. The van der Waals surface area contributed by atoms with E-state index in [1.165, 1.54) is 0 Å². The van der Waals surface area contributed by atoms with Crippen LogP contribution in [-0.4, -0.2) is 19.8 Å². The summed E-state index contributed by atoms with van der Waals surface area (Å²) in [6, 6.07) is 0. The van der Waals surface area contributed by atoms with Crippen molar-refractivity contribution < 1.29 is 27.7 Å². The van der Waals surface area contributed by atoms with Gasteiger partial charge in [0.2, 0.25) is 0 Å². The van der Waals surface area contributed by atoms with E-state index in [2.05, 4.69) is 6.92 Å². The summed E-state index contributed by atoms with van der Waals surface area (Å²) in [5, 5.41) is 0. The second kappa shape index (κ2) is 7.95. The van der Waals surface area contributed by atoms with Gasteiger partial charge in [0.05, 0.1) is 0 Å². The molecule has 0 aliphatic carbocycles. The molecular formula is C9H22O3Ti. The van der Waals surface area contributed by atoms with Crippen molar-refractivity contribution in [1.82, 2.24) is 0 Å². The van der Waals surface area contributed by atoms with E-state index in [9.17, 15) is 0 Å². The first-order valence-corrected chi connectivity index (χ1v) is 8.18. The Morgan fingerprint density at radius 1 is 0.769 bits per heavy atom. The summed E-state index contributed by atoms with van der Waals surface area (Å²) in [5.74, 6) is 0. The fourth-order valence-electron chi connectivity index (χ4n) is 1.31. The van der Waals surface area contributed by atoms with Crippen molar-refractivity contribution in [1.29, 1.82) is 0 Å². The minimum absolute atomic E-state index is 0.694. The number of hydrogen-bond donors (Lipinski definition) is 0. The van der Waals surface area contributed by atoms with Crippen molar-refractivity contribution in [3.05, 3.63) is 0 Å². The molecule has 13 heavy (non-hydrogen) atoms. The second-order valence-corrected chi connectivity index (χ2v) is 7.00. The molecular weight excluding hydrogens is 204 g/mol. The summed E-state index contributed by atoms with van der Waals surface area (Å²) >= 11 is -2.82. The van der Waals surface area contributed by atoms with Crippen LogP contribution in [0, 0.1) is 0 Å². The molecule has 0 aliphatic rings. The molecule has 0 atom stereocenters. The fourth-order valence-corrected chi connectivity index (χ4v) is 5.39. The molecule has 0 fully saturated rings. The van der Waals surface area contributed by atoms with E-state index in [4.69, 9.17) is 9.96 Å². The summed E-state index contributed by atoms with van der Waals surface area (Å²) in [6.07, 6.45) is 1.07. The van der Waals surface area contributed by atoms with Crippen LogP contribution in [0.25, 0.3) is 0 Å². The van der Waals surface area contributed by atoms with Crippen LogP contribution in [0.4, 0.5) is 0 Å². The van der Waals surface area contributed by atoms with E-state index >= 15 is 0 Å². The Hall–Kier alpha value is 0.594. The average molecular weight is 226 g/mol. The van der Waals surface area contributed by atoms with E-state index < -0.39 is 17.8 Å². The molecule has 0 spiro atoms. The molecule has 0 N–H and O–H groups in total. The minimum atomic E-state index is -2.82. The van der Waals surface area contributed by atoms with Crippen molar-refractivity contribution in [3.63, 3.8) is 0 Å². The summed E-state index contributed by atoms with van der Waals surface area (Å²) in [7, 11) is 0. The van der Waals surface area contributed by atoms with Crippen LogP contribution in [0.1, 0.15) is 34.1 Å². The van der Waals surface area contributed by atoms with Gasteiger partial charge in [0, 0.05) is 0 Å². The van der Waals surface area contributed by atoms with Crippen molar-refractivity contribution in [2.45, 2.75) is 38.8 Å². The Morgan fingerprint density at radius 3 is 1.38 bits per heavy atom. The first kappa shape index (κ1) is 13.6. The van der Waals surface area contributed by atoms with Crippen LogP contribution >= 0.6 is 0 Å². The van der Waals surface area contributed by atoms with Crippen molar-refractivity contribution in [3.8, 4) is 0 Å². The van der Waals surface area contributed by atoms with Gasteiger partial charge in [-0.15, -0.1) is 0 Å². The van der Waals surface area contributed by atoms with Crippen molar-refractivity contribution >= 4 is 0 Å². The monoisotopic (exact) mass is 226 g/mol. The van der Waals surface area contributed by atoms with Gasteiger partial charge in [-0.3, -0.25) is 0 Å². The first-order valence-electron chi connectivity index (χ1n) is 5.16. The Labute approximate surface area is 86.5 Å². The molecule has 4 heteroatoms. The van der Waals surface area contributed by atoms with Crippen LogP contribution in [0.15, 0.2) is 0 Å². The molecule has 80 valence electrons. The molecule has 3 nitrogen and oxygen atoms in total. The van der Waals surface area contributed by atoms with Gasteiger partial charge in [0.1, 0.15) is 0 Å². The quantitative estimate of drug-likeness (QED) is 0.595. The van der Waals surface area contributed by atoms with Crippen molar-refractivity contribution in [2.75, 3.05) is 19.8 Å². The molecule has 0 saturated carbocycles. The Bertz CT molecular complexity index is 89.9. The Balaban J connectivity index is 4.19. The zero-order chi connectivity index (χ0) is 10.2. The maximum absolute atomic E-state index is 5.69. The summed E-state index contributed by atoms with van der Waals surface area (Å²) in [5.41, 5.74) is 0. The van der Waals surface area contributed by atoms with Gasteiger partial charge in [-0.2, -0.15) is 0 Å². The number of rotatable bonds is 8. The van der Waals surface area contributed by atoms with E-state index in [1.54, 1.807) is 0 Å². The average Bonchev–Trinajstić information content (AvgIpc) is 2.06. The normalized spacial score (nSPS) is 12.0. The van der Waals surface area contributed by atoms with Crippen molar-refractivity contribution in [2.24, 2.45) is 0 Å². The van der Waals surface area contributed by atoms with Gasteiger partial charge in [-0.1, -0.05) is 0 Å². The SMILES string of the molecule is CC[CH2][Ti]([O]CC)([O]CC)[O]CC. The zero-order valence-electron chi connectivity index (χ0n) is 9.26. The second-order valence-electron chi connectivity index (χ2n) is 2.73.